The van der Waals surface area contributed by atoms with E-state index >= 15 is 0 Å². The van der Waals surface area contributed by atoms with Gasteiger partial charge in [0.25, 0.3) is 0 Å². The van der Waals surface area contributed by atoms with E-state index in [2.05, 4.69) is 29.7 Å². The van der Waals surface area contributed by atoms with Crippen LogP contribution in [-0.2, 0) is 9.53 Å². The summed E-state index contributed by atoms with van der Waals surface area (Å²) in [4.78, 5) is 18.8. The van der Waals surface area contributed by atoms with Gasteiger partial charge in [-0.3, -0.25) is 4.31 Å². The molecule has 140 valence electrons. The lowest BCUT2D eigenvalue weighted by Gasteiger charge is -2.23. The number of nitrogens with zero attached hydrogens (tertiary/aromatic N) is 3. The van der Waals surface area contributed by atoms with Crippen molar-refractivity contribution in [1.82, 2.24) is 9.21 Å². The Morgan fingerprint density at radius 3 is 2.88 bits per heavy atom. The second-order valence-corrected chi connectivity index (χ2v) is 6.93. The zero-order chi connectivity index (χ0) is 18.9. The van der Waals surface area contributed by atoms with Crippen LogP contribution in [0.4, 0.5) is 0 Å². The fourth-order valence-electron chi connectivity index (χ4n) is 2.62. The number of carbonyl (C=O) groups is 1. The first-order valence-corrected chi connectivity index (χ1v) is 9.85. The summed E-state index contributed by atoms with van der Waals surface area (Å²) in [6.45, 7) is 10.9. The monoisotopic (exact) mass is 373 g/mol. The third kappa shape index (κ3) is 5.22. The minimum atomic E-state index is -0.408. The van der Waals surface area contributed by atoms with Crippen LogP contribution in [-0.4, -0.2) is 53.5 Å². The van der Waals surface area contributed by atoms with Crippen molar-refractivity contribution in [3.05, 3.63) is 60.0 Å². The number of rotatable bonds is 8. The molecule has 2 rings (SSSR count). The zero-order valence-corrected chi connectivity index (χ0v) is 16.6. The van der Waals surface area contributed by atoms with Crippen molar-refractivity contribution in [2.24, 2.45) is 4.99 Å². The largest absolute Gasteiger partial charge is 0.402 e. The van der Waals surface area contributed by atoms with Gasteiger partial charge in [0.05, 0.1) is 5.70 Å². The van der Waals surface area contributed by atoms with Gasteiger partial charge in [-0.2, -0.15) is 0 Å². The van der Waals surface area contributed by atoms with Crippen molar-refractivity contribution < 1.29 is 9.53 Å². The number of cyclic esters (lactones) is 1. The second-order valence-electron chi connectivity index (χ2n) is 5.82. The molecule has 26 heavy (non-hydrogen) atoms. The predicted molar refractivity (Wildman–Crippen MR) is 110 cm³/mol. The van der Waals surface area contributed by atoms with Crippen LogP contribution in [0.2, 0.25) is 0 Å². The number of hydrogen-bond acceptors (Lipinski definition) is 6. The number of hydrogen-bond donors (Lipinski definition) is 0. The highest BCUT2D eigenvalue weighted by atomic mass is 32.2. The molecule has 0 aromatic carbocycles. The van der Waals surface area contributed by atoms with Crippen LogP contribution < -0.4 is 0 Å². The number of esters is 1. The number of allylic oxidation sites excluding steroid dienone is 3. The molecule has 0 spiro atoms. The van der Waals surface area contributed by atoms with Crippen molar-refractivity contribution in [1.29, 1.82) is 0 Å². The molecular weight excluding hydrogens is 346 g/mol. The van der Waals surface area contributed by atoms with Crippen LogP contribution in [0.3, 0.4) is 0 Å². The van der Waals surface area contributed by atoms with Crippen molar-refractivity contribution in [3.63, 3.8) is 0 Å². The third-order valence-electron chi connectivity index (χ3n) is 4.06. The van der Waals surface area contributed by atoms with Crippen LogP contribution >= 0.6 is 11.9 Å². The van der Waals surface area contributed by atoms with E-state index in [1.165, 1.54) is 0 Å². The van der Waals surface area contributed by atoms with Crippen LogP contribution in [0.5, 0.6) is 0 Å². The Morgan fingerprint density at radius 1 is 1.46 bits per heavy atom. The average Bonchev–Trinajstić information content (AvgIpc) is 3.02. The molecular formula is C20H27N3O2S. The molecule has 0 saturated carbocycles. The Balaban J connectivity index is 2.16. The standard InChI is InChI=1S/C20H27N3O2S/c1-5-11-16(12-10-15-26-23(6-2)7-3)19-21-18(20(24)25-19)17-13-8-9-14-22(17)4/h5,8,10-13H,1,6-7,9,14-15H2,2-4H3/b12-10-,16-11+,18-17+. The summed E-state index contributed by atoms with van der Waals surface area (Å²) in [5.74, 6) is 0.764. The number of carbonyl (C=O) groups excluding carboxylic acids is 1. The van der Waals surface area contributed by atoms with E-state index in [1.54, 1.807) is 24.1 Å². The molecule has 0 amide bonds. The van der Waals surface area contributed by atoms with Crippen LogP contribution in [0, 0.1) is 0 Å². The first-order valence-electron chi connectivity index (χ1n) is 8.91. The lowest BCUT2D eigenvalue weighted by Crippen LogP contribution is -2.22. The van der Waals surface area contributed by atoms with Gasteiger partial charge in [0.1, 0.15) is 0 Å². The van der Waals surface area contributed by atoms with Gasteiger partial charge in [-0.25, -0.2) is 9.79 Å². The maximum Gasteiger partial charge on any atom is 0.366 e. The molecule has 0 bridgehead atoms. The van der Waals surface area contributed by atoms with E-state index in [4.69, 9.17) is 4.74 Å². The number of aliphatic imine (C=N–C) groups is 1. The highest BCUT2D eigenvalue weighted by molar-refractivity contribution is 7.97. The Bertz CT molecular complexity index is 685. The molecule has 0 N–H and O–H groups in total. The van der Waals surface area contributed by atoms with Crippen molar-refractivity contribution in [2.45, 2.75) is 20.3 Å². The Hall–Kier alpha value is -2.05. The molecule has 0 atom stereocenters. The SMILES string of the molecule is C=C/C=C(\C=C/CSN(CC)CC)C1=N/C(=C2\C=CCCN2C)C(=O)O1. The maximum atomic E-state index is 12.3. The van der Waals surface area contributed by atoms with Crippen molar-refractivity contribution in [2.75, 3.05) is 32.4 Å². The van der Waals surface area contributed by atoms with Crippen LogP contribution in [0.25, 0.3) is 0 Å². The minimum Gasteiger partial charge on any atom is -0.402 e. The average molecular weight is 374 g/mol. The molecule has 0 unspecified atom stereocenters. The predicted octanol–water partition coefficient (Wildman–Crippen LogP) is 3.70. The minimum absolute atomic E-state index is 0.328. The van der Waals surface area contributed by atoms with Gasteiger partial charge in [0.15, 0.2) is 5.70 Å². The number of likely N-dealkylation sites (N-methyl/N-ethyl adjacent to an activating group) is 1. The van der Waals surface area contributed by atoms with Crippen LogP contribution in [0.1, 0.15) is 20.3 Å². The van der Waals surface area contributed by atoms with E-state index in [9.17, 15) is 4.79 Å². The molecule has 0 saturated heterocycles. The summed E-state index contributed by atoms with van der Waals surface area (Å²) >= 11 is 1.77. The molecule has 0 aromatic rings. The summed E-state index contributed by atoms with van der Waals surface area (Å²) in [5.41, 5.74) is 1.90. The van der Waals surface area contributed by atoms with Gasteiger partial charge in [-0.05, 0) is 12.5 Å². The van der Waals surface area contributed by atoms with Crippen molar-refractivity contribution in [3.8, 4) is 0 Å². The fourth-order valence-corrected chi connectivity index (χ4v) is 3.38. The topological polar surface area (TPSA) is 45.1 Å². The van der Waals surface area contributed by atoms with Gasteiger partial charge in [-0.15, -0.1) is 0 Å². The molecule has 0 fully saturated rings. The van der Waals surface area contributed by atoms with Gasteiger partial charge >= 0.3 is 5.97 Å². The molecule has 5 nitrogen and oxygen atoms in total. The van der Waals surface area contributed by atoms with Gasteiger partial charge in [0, 0.05) is 38.0 Å². The lowest BCUT2D eigenvalue weighted by atomic mass is 10.2. The summed E-state index contributed by atoms with van der Waals surface area (Å²) in [6, 6.07) is 0. The first-order chi connectivity index (χ1) is 12.6. The van der Waals surface area contributed by atoms with E-state index < -0.39 is 5.97 Å². The first kappa shape index (κ1) is 20.3. The molecule has 0 aliphatic carbocycles. The molecule has 6 heteroatoms. The molecule has 0 aromatic heterocycles. The fraction of sp³-hybridized carbons (Fsp3) is 0.400. The Labute approximate surface area is 160 Å². The summed E-state index contributed by atoms with van der Waals surface area (Å²) in [5, 5.41) is 0. The Morgan fingerprint density at radius 2 is 2.23 bits per heavy atom. The van der Waals surface area contributed by atoms with E-state index in [0.29, 0.717) is 11.6 Å². The maximum absolute atomic E-state index is 12.3. The van der Waals surface area contributed by atoms with E-state index in [-0.39, 0.29) is 0 Å². The van der Waals surface area contributed by atoms with Gasteiger partial charge < -0.3 is 9.64 Å². The molecule has 2 heterocycles. The quantitative estimate of drug-likeness (QED) is 0.281. The summed E-state index contributed by atoms with van der Waals surface area (Å²) in [6.07, 6.45) is 12.4. The molecule has 0 radical (unpaired) electrons. The van der Waals surface area contributed by atoms with E-state index in [0.717, 1.165) is 43.1 Å². The lowest BCUT2D eigenvalue weighted by molar-refractivity contribution is -0.130. The Kier molecular flexibility index (Phi) is 7.94. The highest BCUT2D eigenvalue weighted by Gasteiger charge is 2.28. The highest BCUT2D eigenvalue weighted by Crippen LogP contribution is 2.24. The van der Waals surface area contributed by atoms with Gasteiger partial charge in [-0.1, -0.05) is 62.8 Å². The summed E-state index contributed by atoms with van der Waals surface area (Å²) in [7, 11) is 1.96. The summed E-state index contributed by atoms with van der Waals surface area (Å²) < 4.78 is 7.70. The van der Waals surface area contributed by atoms with Crippen molar-refractivity contribution >= 4 is 23.8 Å². The smallest absolute Gasteiger partial charge is 0.366 e. The zero-order valence-electron chi connectivity index (χ0n) is 15.8. The number of ether oxygens (including phenoxy) is 1. The van der Waals surface area contributed by atoms with E-state index in [1.807, 2.05) is 36.3 Å². The molecule has 2 aliphatic rings. The van der Waals surface area contributed by atoms with Gasteiger partial charge in [0.2, 0.25) is 5.90 Å². The second kappa shape index (κ2) is 10.2. The normalized spacial score (nSPS) is 20.9. The third-order valence-corrected chi connectivity index (χ3v) is 5.28. The molecule has 2 aliphatic heterocycles. The van der Waals surface area contributed by atoms with Crippen LogP contribution in [0.15, 0.2) is 65.0 Å².